The van der Waals surface area contributed by atoms with Crippen LogP contribution in [-0.2, 0) is 22.5 Å². The van der Waals surface area contributed by atoms with Gasteiger partial charge in [-0.2, -0.15) is 0 Å². The average Bonchev–Trinajstić information content (AvgIpc) is 2.77. The Balaban J connectivity index is 2.12. The normalized spacial score (nSPS) is 11.6. The molecule has 0 aliphatic rings. The topological polar surface area (TPSA) is 61.2 Å². The standard InChI is InChI=1S/C12H11Br2ClN2O3S/c1-17-4-3-16-11(17)2-5-20-12-9(13)6-8(7-10(12)14)21(15,18)19/h3-4,6-7H,2,5H2,1H3. The molecule has 0 N–H and O–H groups in total. The summed E-state index contributed by atoms with van der Waals surface area (Å²) in [5.74, 6) is 1.43. The first-order valence-electron chi connectivity index (χ1n) is 5.81. The fraction of sp³-hybridized carbons (Fsp3) is 0.250. The first-order valence-corrected chi connectivity index (χ1v) is 9.71. The summed E-state index contributed by atoms with van der Waals surface area (Å²) in [6.45, 7) is 0.412. The van der Waals surface area contributed by atoms with Gasteiger partial charge in [0.25, 0.3) is 9.05 Å². The van der Waals surface area contributed by atoms with Crippen molar-refractivity contribution < 1.29 is 13.2 Å². The van der Waals surface area contributed by atoms with E-state index in [1.54, 1.807) is 6.20 Å². The SMILES string of the molecule is Cn1ccnc1CCOc1c(Br)cc(S(=O)(=O)Cl)cc1Br. The Kier molecular flexibility index (Phi) is 5.34. The Labute approximate surface area is 144 Å². The number of aryl methyl sites for hydroxylation is 1. The lowest BCUT2D eigenvalue weighted by Crippen LogP contribution is -2.07. The minimum atomic E-state index is -3.78. The van der Waals surface area contributed by atoms with Gasteiger partial charge in [0, 0.05) is 36.5 Å². The number of halogens is 3. The zero-order valence-electron chi connectivity index (χ0n) is 10.9. The summed E-state index contributed by atoms with van der Waals surface area (Å²) in [5, 5.41) is 0. The van der Waals surface area contributed by atoms with Crippen molar-refractivity contribution in [3.8, 4) is 5.75 Å². The molecule has 0 amide bonds. The van der Waals surface area contributed by atoms with E-state index < -0.39 is 9.05 Å². The second-order valence-corrected chi connectivity index (χ2v) is 8.48. The quantitative estimate of drug-likeness (QED) is 0.644. The fourth-order valence-corrected chi connectivity index (χ4v) is 4.20. The van der Waals surface area contributed by atoms with Gasteiger partial charge in [-0.3, -0.25) is 0 Å². The molecule has 1 aromatic heterocycles. The molecule has 0 radical (unpaired) electrons. The summed E-state index contributed by atoms with van der Waals surface area (Å²) in [6, 6.07) is 2.81. The van der Waals surface area contributed by atoms with Gasteiger partial charge in [-0.05, 0) is 44.0 Å². The molecule has 0 aliphatic heterocycles. The Morgan fingerprint density at radius 3 is 2.43 bits per heavy atom. The van der Waals surface area contributed by atoms with E-state index in [0.717, 1.165) is 5.82 Å². The fourth-order valence-electron chi connectivity index (χ4n) is 1.70. The van der Waals surface area contributed by atoms with Crippen molar-refractivity contribution >= 4 is 51.6 Å². The Morgan fingerprint density at radius 2 is 1.95 bits per heavy atom. The number of hydrogen-bond donors (Lipinski definition) is 0. The van der Waals surface area contributed by atoms with Crippen molar-refractivity contribution in [2.75, 3.05) is 6.61 Å². The lowest BCUT2D eigenvalue weighted by molar-refractivity contribution is 0.313. The van der Waals surface area contributed by atoms with Crippen LogP contribution < -0.4 is 4.74 Å². The Bertz CT molecular complexity index is 739. The minimum absolute atomic E-state index is 0.000585. The van der Waals surface area contributed by atoms with E-state index in [-0.39, 0.29) is 4.90 Å². The maximum atomic E-state index is 11.3. The number of ether oxygens (including phenoxy) is 1. The van der Waals surface area contributed by atoms with Crippen molar-refractivity contribution in [2.45, 2.75) is 11.3 Å². The van der Waals surface area contributed by atoms with E-state index in [4.69, 9.17) is 15.4 Å². The zero-order valence-corrected chi connectivity index (χ0v) is 15.6. The number of imidazole rings is 1. The van der Waals surface area contributed by atoms with E-state index in [1.165, 1.54) is 12.1 Å². The molecule has 0 atom stereocenters. The van der Waals surface area contributed by atoms with Crippen molar-refractivity contribution in [3.63, 3.8) is 0 Å². The van der Waals surface area contributed by atoms with Gasteiger partial charge in [0.2, 0.25) is 0 Å². The molecule has 9 heteroatoms. The van der Waals surface area contributed by atoms with Crippen molar-refractivity contribution in [1.29, 1.82) is 0 Å². The van der Waals surface area contributed by atoms with Gasteiger partial charge >= 0.3 is 0 Å². The number of nitrogens with zero attached hydrogens (tertiary/aromatic N) is 2. The first kappa shape index (κ1) is 16.8. The molecule has 2 rings (SSSR count). The molecule has 0 spiro atoms. The number of benzene rings is 1. The molecule has 0 aliphatic carbocycles. The third-order valence-electron chi connectivity index (χ3n) is 2.75. The largest absolute Gasteiger partial charge is 0.491 e. The Hall–Kier alpha value is -0.570. The summed E-state index contributed by atoms with van der Waals surface area (Å²) in [7, 11) is 3.45. The van der Waals surface area contributed by atoms with Crippen LogP contribution in [0.25, 0.3) is 0 Å². The predicted molar refractivity (Wildman–Crippen MR) is 87.3 cm³/mol. The summed E-state index contributed by atoms with van der Waals surface area (Å²) in [4.78, 5) is 4.20. The lowest BCUT2D eigenvalue weighted by atomic mass is 10.3. The lowest BCUT2D eigenvalue weighted by Gasteiger charge is -2.11. The van der Waals surface area contributed by atoms with Gasteiger partial charge < -0.3 is 9.30 Å². The van der Waals surface area contributed by atoms with Crippen molar-refractivity contribution in [3.05, 3.63) is 39.3 Å². The predicted octanol–water partition coefficient (Wildman–Crippen LogP) is 3.49. The molecular weight excluding hydrogens is 447 g/mol. The van der Waals surface area contributed by atoms with Crippen LogP contribution in [0.1, 0.15) is 5.82 Å². The first-order chi connectivity index (χ1) is 9.79. The highest BCUT2D eigenvalue weighted by Crippen LogP contribution is 2.36. The summed E-state index contributed by atoms with van der Waals surface area (Å²) < 4.78 is 31.3. The highest BCUT2D eigenvalue weighted by molar-refractivity contribution is 9.11. The van der Waals surface area contributed by atoms with Gasteiger partial charge in [-0.25, -0.2) is 13.4 Å². The van der Waals surface area contributed by atoms with Gasteiger partial charge in [-0.15, -0.1) is 0 Å². The summed E-state index contributed by atoms with van der Waals surface area (Å²) in [6.07, 6.45) is 4.22. The summed E-state index contributed by atoms with van der Waals surface area (Å²) in [5.41, 5.74) is 0. The number of rotatable bonds is 5. The van der Waals surface area contributed by atoms with E-state index in [1.807, 2.05) is 17.8 Å². The minimum Gasteiger partial charge on any atom is -0.491 e. The van der Waals surface area contributed by atoms with Crippen LogP contribution in [0.3, 0.4) is 0 Å². The van der Waals surface area contributed by atoms with Gasteiger partial charge in [0.1, 0.15) is 11.6 Å². The Morgan fingerprint density at radius 1 is 1.33 bits per heavy atom. The van der Waals surface area contributed by atoms with Crippen LogP contribution in [0.5, 0.6) is 5.75 Å². The summed E-state index contributed by atoms with van der Waals surface area (Å²) >= 11 is 6.57. The van der Waals surface area contributed by atoms with Crippen molar-refractivity contribution in [1.82, 2.24) is 9.55 Å². The second-order valence-electron chi connectivity index (χ2n) is 4.21. The zero-order chi connectivity index (χ0) is 15.6. The van der Waals surface area contributed by atoms with E-state index in [2.05, 4.69) is 36.8 Å². The third-order valence-corrected chi connectivity index (χ3v) is 5.26. The molecule has 0 fully saturated rings. The number of aromatic nitrogens is 2. The number of hydrogen-bond acceptors (Lipinski definition) is 4. The maximum Gasteiger partial charge on any atom is 0.261 e. The molecule has 0 bridgehead atoms. The van der Waals surface area contributed by atoms with Gasteiger partial charge in [-0.1, -0.05) is 0 Å². The third kappa shape index (κ3) is 4.21. The van der Waals surface area contributed by atoms with Crippen LogP contribution in [0.15, 0.2) is 38.4 Å². The maximum absolute atomic E-state index is 11.3. The molecule has 0 saturated carbocycles. The van der Waals surface area contributed by atoms with E-state index in [0.29, 0.717) is 27.7 Å². The van der Waals surface area contributed by atoms with Crippen LogP contribution in [-0.4, -0.2) is 24.6 Å². The molecule has 114 valence electrons. The van der Waals surface area contributed by atoms with E-state index >= 15 is 0 Å². The molecule has 1 aromatic carbocycles. The van der Waals surface area contributed by atoms with Crippen LogP contribution in [0, 0.1) is 0 Å². The molecule has 21 heavy (non-hydrogen) atoms. The molecule has 0 unspecified atom stereocenters. The highest BCUT2D eigenvalue weighted by atomic mass is 79.9. The van der Waals surface area contributed by atoms with Crippen LogP contribution in [0.4, 0.5) is 0 Å². The molecule has 1 heterocycles. The smallest absolute Gasteiger partial charge is 0.261 e. The molecule has 0 saturated heterocycles. The average molecular weight is 459 g/mol. The molecular formula is C12H11Br2ClN2O3S. The molecule has 5 nitrogen and oxygen atoms in total. The van der Waals surface area contributed by atoms with Gasteiger partial charge in [0.15, 0.2) is 0 Å². The monoisotopic (exact) mass is 456 g/mol. The molecule has 2 aromatic rings. The highest BCUT2D eigenvalue weighted by Gasteiger charge is 2.16. The van der Waals surface area contributed by atoms with Gasteiger partial charge in [0.05, 0.1) is 20.4 Å². The second kappa shape index (κ2) is 6.68. The van der Waals surface area contributed by atoms with Crippen molar-refractivity contribution in [2.24, 2.45) is 7.05 Å². The van der Waals surface area contributed by atoms with Crippen LogP contribution >= 0.6 is 42.5 Å². The van der Waals surface area contributed by atoms with Crippen LogP contribution in [0.2, 0.25) is 0 Å². The van der Waals surface area contributed by atoms with E-state index in [9.17, 15) is 8.42 Å².